The molecule has 0 spiro atoms. The van der Waals surface area contributed by atoms with Crippen LogP contribution in [0.25, 0.3) is 0 Å². The highest BCUT2D eigenvalue weighted by atomic mass is 16.7. The number of allylic oxidation sites excluding steroid dienone is 6. The van der Waals surface area contributed by atoms with Crippen LogP contribution in [0.3, 0.4) is 0 Å². The molecule has 5 heterocycles. The number of hydroxylamine groups is 1. The van der Waals surface area contributed by atoms with Gasteiger partial charge < -0.3 is 62.6 Å². The third-order valence-corrected chi connectivity index (χ3v) is 21.1. The van der Waals surface area contributed by atoms with Crippen molar-refractivity contribution in [2.45, 2.75) is 205 Å². The number of amides is 3. The summed E-state index contributed by atoms with van der Waals surface area (Å²) in [4.78, 5) is 120. The van der Waals surface area contributed by atoms with E-state index in [1.54, 1.807) is 52.9 Å². The van der Waals surface area contributed by atoms with E-state index in [2.05, 4.69) is 17.3 Å². The molecule has 3 amide bonds. The molecular weight excluding hydrogens is 1320 g/mol. The van der Waals surface area contributed by atoms with Crippen LogP contribution in [0.5, 0.6) is 0 Å². The third-order valence-electron chi connectivity index (χ3n) is 21.1. The molecule has 4 bridgehead atoms. The predicted octanol–water partition coefficient (Wildman–Crippen LogP) is 8.95. The number of carbonyl (C=O) groups excluding carboxylic acids is 8. The molecule has 3 N–H and O–H groups in total. The summed E-state index contributed by atoms with van der Waals surface area (Å²) in [6, 6.07) is 14.2. The number of piperidine rings is 1. The van der Waals surface area contributed by atoms with Crippen molar-refractivity contribution in [3.63, 3.8) is 0 Å². The number of fused-ring (bicyclic) bond motifs is 6. The fraction of sp³-hybridized carbons (Fsp3) is 0.625. The van der Waals surface area contributed by atoms with Crippen molar-refractivity contribution < 1.29 is 96.0 Å². The number of rotatable bonds is 24. The molecule has 564 valence electrons. The van der Waals surface area contributed by atoms with Crippen LogP contribution < -0.4 is 10.4 Å². The number of nitrogens with zero attached hydrogens (tertiary/aromatic N) is 2. The molecule has 8 rings (SSSR count). The number of para-hydroxylation sites is 1. The number of hydrogen-bond donors (Lipinski definition) is 3. The molecule has 6 aliphatic rings. The van der Waals surface area contributed by atoms with Crippen LogP contribution in [0.15, 0.2) is 96.1 Å². The van der Waals surface area contributed by atoms with Crippen molar-refractivity contribution in [2.24, 2.45) is 41.4 Å². The maximum atomic E-state index is 14.8. The zero-order chi connectivity index (χ0) is 74.2. The molecule has 1 unspecified atom stereocenters. The molecule has 2 aromatic rings. The van der Waals surface area contributed by atoms with Gasteiger partial charge in [-0.1, -0.05) is 106 Å². The molecule has 16 atom stereocenters. The average Bonchev–Trinajstić information content (AvgIpc) is 0.753. The number of methoxy groups -OCH3 is 3. The molecule has 1 saturated carbocycles. The third kappa shape index (κ3) is 22.7. The lowest BCUT2D eigenvalue weighted by atomic mass is 9.68. The highest BCUT2D eigenvalue weighted by molar-refractivity contribution is 6.39. The minimum atomic E-state index is -2.50. The minimum Gasteiger partial charge on any atom is -0.460 e. The van der Waals surface area contributed by atoms with Crippen molar-refractivity contribution in [1.29, 1.82) is 0 Å². The molecular formula is C80H109N3O20. The first-order valence-electron chi connectivity index (χ1n) is 36.9. The smallest absolute Gasteiger partial charge is 0.329 e. The van der Waals surface area contributed by atoms with Crippen molar-refractivity contribution in [3.8, 4) is 11.8 Å². The van der Waals surface area contributed by atoms with Crippen LogP contribution >= 0.6 is 0 Å². The maximum Gasteiger partial charge on any atom is 0.329 e. The number of ketones is 3. The quantitative estimate of drug-likeness (QED) is 0.0221. The second-order valence-corrected chi connectivity index (χ2v) is 28.5. The van der Waals surface area contributed by atoms with Crippen LogP contribution in [0.2, 0.25) is 0 Å². The number of hydrogen-bond acceptors (Lipinski definition) is 20. The van der Waals surface area contributed by atoms with E-state index in [-0.39, 0.29) is 120 Å². The van der Waals surface area contributed by atoms with E-state index < -0.39 is 108 Å². The number of esters is 2. The Kier molecular flexibility index (Phi) is 32.0. The van der Waals surface area contributed by atoms with E-state index in [0.29, 0.717) is 82.7 Å². The fourth-order valence-electron chi connectivity index (χ4n) is 15.2. The van der Waals surface area contributed by atoms with Gasteiger partial charge in [-0.25, -0.2) is 10.3 Å². The minimum absolute atomic E-state index is 0.0133. The van der Waals surface area contributed by atoms with Crippen molar-refractivity contribution in [2.75, 3.05) is 79.0 Å². The Balaban J connectivity index is 0.794. The number of nitrogens with one attached hydrogen (secondary N) is 1. The van der Waals surface area contributed by atoms with Crippen LogP contribution in [-0.4, -0.2) is 191 Å². The summed E-state index contributed by atoms with van der Waals surface area (Å²) in [6.45, 7) is 12.6. The van der Waals surface area contributed by atoms with Gasteiger partial charge in [0, 0.05) is 88.4 Å². The Bertz CT molecular complexity index is 3410. The number of ether oxygens (including phenoxy) is 9. The van der Waals surface area contributed by atoms with Crippen molar-refractivity contribution in [3.05, 3.63) is 113 Å². The lowest BCUT2D eigenvalue weighted by Crippen LogP contribution is -2.65. The molecule has 23 heteroatoms. The molecule has 0 radical (unpaired) electrons. The summed E-state index contributed by atoms with van der Waals surface area (Å²) < 4.78 is 52.9. The maximum absolute atomic E-state index is 14.8. The average molecular weight is 1430 g/mol. The van der Waals surface area contributed by atoms with Crippen LogP contribution in [0.1, 0.15) is 161 Å². The zero-order valence-electron chi connectivity index (χ0n) is 61.6. The molecule has 5 aliphatic heterocycles. The number of carbonyl (C=O) groups is 8. The van der Waals surface area contributed by atoms with Gasteiger partial charge in [-0.05, 0) is 137 Å². The van der Waals surface area contributed by atoms with Crippen molar-refractivity contribution in [1.82, 2.24) is 10.4 Å². The summed E-state index contributed by atoms with van der Waals surface area (Å²) in [5, 5.41) is 23.8. The van der Waals surface area contributed by atoms with E-state index in [4.69, 9.17) is 47.5 Å². The largest absolute Gasteiger partial charge is 0.460 e. The second kappa shape index (κ2) is 40.4. The van der Waals surface area contributed by atoms with Gasteiger partial charge in [-0.2, -0.15) is 0 Å². The fourth-order valence-corrected chi connectivity index (χ4v) is 15.2. The summed E-state index contributed by atoms with van der Waals surface area (Å²) in [7, 11) is 4.49. The summed E-state index contributed by atoms with van der Waals surface area (Å²) in [5.41, 5.74) is 7.08. The first-order chi connectivity index (χ1) is 49.5. The van der Waals surface area contributed by atoms with Gasteiger partial charge in [0.25, 0.3) is 11.7 Å². The predicted molar refractivity (Wildman–Crippen MR) is 382 cm³/mol. The lowest BCUT2D eigenvalue weighted by molar-refractivity contribution is -0.266. The number of aliphatic hydroxyl groups is 2. The first kappa shape index (κ1) is 81.6. The topological polar surface area (TPSA) is 288 Å². The number of unbranched alkanes of at least 4 members (excludes halogenated alkanes) is 1. The van der Waals surface area contributed by atoms with E-state index in [9.17, 15) is 48.6 Å². The number of anilines is 1. The lowest BCUT2D eigenvalue weighted by Gasteiger charge is -2.50. The van der Waals surface area contributed by atoms with E-state index >= 15 is 0 Å². The van der Waals surface area contributed by atoms with E-state index in [1.807, 2.05) is 92.8 Å². The number of aliphatic hydroxyl groups excluding tert-OH is 1. The Hall–Kier alpha value is -7.08. The molecule has 4 fully saturated rings. The van der Waals surface area contributed by atoms with Gasteiger partial charge in [0.15, 0.2) is 5.78 Å². The van der Waals surface area contributed by atoms with E-state index in [0.717, 1.165) is 28.0 Å². The molecule has 2 aromatic carbocycles. The molecule has 3 saturated heterocycles. The van der Waals surface area contributed by atoms with Crippen LogP contribution in [-0.2, 0) is 92.4 Å². The van der Waals surface area contributed by atoms with Gasteiger partial charge in [0.2, 0.25) is 17.6 Å². The Morgan fingerprint density at radius 2 is 1.43 bits per heavy atom. The highest BCUT2D eigenvalue weighted by Gasteiger charge is 2.57. The number of benzene rings is 2. The first-order valence-corrected chi connectivity index (χ1v) is 36.9. The molecule has 23 nitrogen and oxygen atoms in total. The Morgan fingerprint density at radius 1 is 0.728 bits per heavy atom. The summed E-state index contributed by atoms with van der Waals surface area (Å²) in [5.74, 6) is -3.59. The normalized spacial score (nSPS) is 30.9. The van der Waals surface area contributed by atoms with Gasteiger partial charge in [-0.3, -0.25) is 38.4 Å². The van der Waals surface area contributed by atoms with Crippen LogP contribution in [0, 0.1) is 53.3 Å². The molecule has 1 aliphatic carbocycles. The van der Waals surface area contributed by atoms with Gasteiger partial charge in [0.1, 0.15) is 36.2 Å². The van der Waals surface area contributed by atoms with Gasteiger partial charge in [0.05, 0.1) is 83.2 Å². The monoisotopic (exact) mass is 1430 g/mol. The summed E-state index contributed by atoms with van der Waals surface area (Å²) >= 11 is 0. The van der Waals surface area contributed by atoms with Gasteiger partial charge in [-0.15, -0.1) is 0 Å². The highest BCUT2D eigenvalue weighted by Crippen LogP contribution is 2.46. The Morgan fingerprint density at radius 3 is 2.17 bits per heavy atom. The zero-order valence-corrected chi connectivity index (χ0v) is 61.6. The molecule has 103 heavy (non-hydrogen) atoms. The SMILES string of the molecule is CO[C@H]1C[C@@H]2CC[C@@H](C)[C@@](O)(O2)C(=O)C(=O)N2CCC[C@@H]3C(C[C@@H]4CC[C@@H](OC(=O)CCOCCOCCOCCONC(=O)CCCCC(=O)N5Cc6ccccc6C#Cc6ccccc65)[C@H](OC)C4)[C@H](CC(=O)[C@H](C)/C=C(\C)[C@@H](O)[C@@H](OC)C(=O)[C@H](C)C[C@H](C)/C=C/C=C/C=C1C)OC(=O)[C@H]32. The van der Waals surface area contributed by atoms with Crippen LogP contribution in [0.4, 0.5) is 5.69 Å². The number of Topliss-reactive ketones (excluding diaryl/α,β-unsaturated/α-hetero) is 3. The van der Waals surface area contributed by atoms with Gasteiger partial charge >= 0.3 is 11.9 Å². The van der Waals surface area contributed by atoms with E-state index in [1.165, 1.54) is 12.0 Å². The summed E-state index contributed by atoms with van der Waals surface area (Å²) in [6.07, 6.45) is 11.1. The van der Waals surface area contributed by atoms with Crippen molar-refractivity contribution >= 4 is 52.7 Å². The standard InChI is InChI=1S/C80H109N3O20/c1-51-20-11-10-12-21-52(2)67(94-7)48-61-33-29-56(6)80(93,103-61)77(90)78(91)82-36-19-25-62-63(68(102-79(92)73(62)82)49-65(84)53(3)45-55(5)75(89)76(96-9)74(88)54(4)44-51)46-57-30-34-66(69(47-57)95-8)101-72(87)35-37-97-38-39-98-40-41-99-42-43-100-81-70(85)27-17-18-28-71(86)83-50-60-24-14-13-22-58(60)31-32-59-23-15-16-26-64(59)83/h10-16,20-24,26,45,51,53-54,56-57,61-63,66-69,73,75-76,89,93H,17-19,25,27-30,33-44,46-50H2,1-9H3,(H,81,85)/b12-10+,20-11+,52-21?,55-45+/t51-,53-,54-,56-,57+,61+,62-,63?,66-,67+,68+,69-,73+,75-,76+,80-/m1/s1. The second-order valence-electron chi connectivity index (χ2n) is 28.5. The Labute approximate surface area is 607 Å². The molecule has 0 aromatic heterocycles.